The van der Waals surface area contributed by atoms with Gasteiger partial charge in [-0.3, -0.25) is 0 Å². The number of nitrogens with one attached hydrogen (secondary N) is 1. The molecule has 1 aliphatic rings. The molecule has 3 heteroatoms. The van der Waals surface area contributed by atoms with Gasteiger partial charge in [0, 0.05) is 0 Å². The monoisotopic (exact) mass is 231 g/mol. The largest absolute Gasteiger partial charge is 0.393 e. The van der Waals surface area contributed by atoms with Gasteiger partial charge in [0.15, 0.2) is 0 Å². The highest BCUT2D eigenvalue weighted by molar-refractivity contribution is 7.98. The Bertz CT molecular complexity index is 155. The highest BCUT2D eigenvalue weighted by atomic mass is 32.2. The molecule has 0 aliphatic heterocycles. The van der Waals surface area contributed by atoms with Crippen LogP contribution >= 0.6 is 11.8 Å². The second kappa shape index (κ2) is 8.43. The second-order valence-corrected chi connectivity index (χ2v) is 5.58. The number of hydrogen-bond acceptors (Lipinski definition) is 3. The molecule has 15 heavy (non-hydrogen) atoms. The van der Waals surface area contributed by atoms with Crippen molar-refractivity contribution < 1.29 is 5.11 Å². The Morgan fingerprint density at radius 1 is 1.33 bits per heavy atom. The average Bonchev–Trinajstić information content (AvgIpc) is 2.23. The smallest absolute Gasteiger partial charge is 0.0543 e. The Kier molecular flexibility index (Phi) is 7.49. The van der Waals surface area contributed by atoms with Gasteiger partial charge >= 0.3 is 0 Å². The van der Waals surface area contributed by atoms with Gasteiger partial charge in [0.1, 0.15) is 0 Å². The highest BCUT2D eigenvalue weighted by Crippen LogP contribution is 2.23. The number of rotatable bonds is 7. The molecule has 0 aromatic carbocycles. The summed E-state index contributed by atoms with van der Waals surface area (Å²) in [5, 5.41) is 13.0. The maximum Gasteiger partial charge on any atom is 0.0543 e. The van der Waals surface area contributed by atoms with Crippen molar-refractivity contribution in [1.82, 2.24) is 5.32 Å². The molecule has 0 saturated heterocycles. The summed E-state index contributed by atoms with van der Waals surface area (Å²) < 4.78 is 0. The number of aliphatic hydroxyl groups is 1. The van der Waals surface area contributed by atoms with Gasteiger partial charge in [-0.2, -0.15) is 11.8 Å². The normalized spacial score (nSPS) is 26.8. The third-order valence-electron chi connectivity index (χ3n) is 3.14. The van der Waals surface area contributed by atoms with Crippen LogP contribution in [0.5, 0.6) is 0 Å². The third-order valence-corrected chi connectivity index (χ3v) is 3.84. The Balaban J connectivity index is 1.90. The van der Waals surface area contributed by atoms with Crippen LogP contribution in [0, 0.1) is 5.92 Å². The van der Waals surface area contributed by atoms with Crippen molar-refractivity contribution in [3.63, 3.8) is 0 Å². The van der Waals surface area contributed by atoms with Crippen LogP contribution in [-0.4, -0.2) is 36.3 Å². The molecule has 0 aromatic heterocycles. The van der Waals surface area contributed by atoms with Crippen LogP contribution in [-0.2, 0) is 0 Å². The first kappa shape index (κ1) is 13.3. The minimum absolute atomic E-state index is 0.0259. The maximum absolute atomic E-state index is 9.52. The summed E-state index contributed by atoms with van der Waals surface area (Å²) in [6.45, 7) is 2.25. The molecular formula is C12H25NOS. The van der Waals surface area contributed by atoms with Gasteiger partial charge in [-0.05, 0) is 63.1 Å². The van der Waals surface area contributed by atoms with E-state index in [9.17, 15) is 5.11 Å². The summed E-state index contributed by atoms with van der Waals surface area (Å²) in [5.74, 6) is 2.00. The molecule has 1 aliphatic carbocycles. The highest BCUT2D eigenvalue weighted by Gasteiger charge is 2.19. The zero-order valence-corrected chi connectivity index (χ0v) is 10.7. The summed E-state index contributed by atoms with van der Waals surface area (Å²) in [4.78, 5) is 0. The van der Waals surface area contributed by atoms with Gasteiger partial charge in [0.05, 0.1) is 6.10 Å². The molecule has 0 amide bonds. The molecule has 0 radical (unpaired) electrons. The van der Waals surface area contributed by atoms with Crippen LogP contribution in [0.3, 0.4) is 0 Å². The van der Waals surface area contributed by atoms with Crippen molar-refractivity contribution in [3.8, 4) is 0 Å². The van der Waals surface area contributed by atoms with Crippen LogP contribution in [0.25, 0.3) is 0 Å². The molecule has 1 rings (SSSR count). The zero-order valence-electron chi connectivity index (χ0n) is 9.87. The second-order valence-electron chi connectivity index (χ2n) is 4.59. The first-order valence-corrected chi connectivity index (χ1v) is 7.60. The van der Waals surface area contributed by atoms with Crippen molar-refractivity contribution in [3.05, 3.63) is 0 Å². The van der Waals surface area contributed by atoms with Crippen LogP contribution < -0.4 is 5.32 Å². The van der Waals surface area contributed by atoms with Gasteiger partial charge in [-0.1, -0.05) is 6.42 Å². The quantitative estimate of drug-likeness (QED) is 0.659. The Morgan fingerprint density at radius 2 is 2.20 bits per heavy atom. The topological polar surface area (TPSA) is 32.3 Å². The molecule has 1 saturated carbocycles. The standard InChI is InChI=1S/C12H25NOS/c1-15-8-3-2-7-13-10-11-5-4-6-12(14)9-11/h11-14H,2-10H2,1H3. The first-order valence-electron chi connectivity index (χ1n) is 6.20. The third kappa shape index (κ3) is 6.44. The molecule has 2 unspecified atom stereocenters. The van der Waals surface area contributed by atoms with E-state index in [0.29, 0.717) is 5.92 Å². The fourth-order valence-electron chi connectivity index (χ4n) is 2.25. The molecule has 2 nitrogen and oxygen atoms in total. The molecule has 2 atom stereocenters. The summed E-state index contributed by atoms with van der Waals surface area (Å²) in [7, 11) is 0. The van der Waals surface area contributed by atoms with Crippen molar-refractivity contribution in [2.75, 3.05) is 25.1 Å². The van der Waals surface area contributed by atoms with Gasteiger partial charge in [0.2, 0.25) is 0 Å². The lowest BCUT2D eigenvalue weighted by Crippen LogP contribution is -2.29. The van der Waals surface area contributed by atoms with E-state index in [-0.39, 0.29) is 6.10 Å². The van der Waals surface area contributed by atoms with Gasteiger partial charge in [-0.25, -0.2) is 0 Å². The van der Waals surface area contributed by atoms with E-state index in [2.05, 4.69) is 11.6 Å². The predicted octanol–water partition coefficient (Wildman–Crippen LogP) is 2.27. The van der Waals surface area contributed by atoms with Gasteiger partial charge in [-0.15, -0.1) is 0 Å². The van der Waals surface area contributed by atoms with E-state index in [0.717, 1.165) is 25.9 Å². The Hall–Kier alpha value is 0.270. The van der Waals surface area contributed by atoms with Crippen molar-refractivity contribution in [2.24, 2.45) is 5.92 Å². The predicted molar refractivity (Wildman–Crippen MR) is 68.5 cm³/mol. The van der Waals surface area contributed by atoms with E-state index in [1.807, 2.05) is 11.8 Å². The molecule has 2 N–H and O–H groups in total. The summed E-state index contributed by atoms with van der Waals surface area (Å²) in [6, 6.07) is 0. The van der Waals surface area contributed by atoms with E-state index in [1.54, 1.807) is 0 Å². The lowest BCUT2D eigenvalue weighted by molar-refractivity contribution is 0.101. The van der Waals surface area contributed by atoms with E-state index in [1.165, 1.54) is 31.4 Å². The Labute approximate surface area is 98.2 Å². The fourth-order valence-corrected chi connectivity index (χ4v) is 2.74. The van der Waals surface area contributed by atoms with Gasteiger partial charge in [0.25, 0.3) is 0 Å². The fraction of sp³-hybridized carbons (Fsp3) is 1.00. The van der Waals surface area contributed by atoms with E-state index >= 15 is 0 Å². The lowest BCUT2D eigenvalue weighted by Gasteiger charge is -2.25. The molecule has 0 bridgehead atoms. The first-order chi connectivity index (χ1) is 7.33. The number of thioether (sulfide) groups is 1. The molecule has 0 spiro atoms. The minimum atomic E-state index is -0.0259. The van der Waals surface area contributed by atoms with Crippen LogP contribution in [0.4, 0.5) is 0 Å². The number of hydrogen-bond donors (Lipinski definition) is 2. The van der Waals surface area contributed by atoms with Gasteiger partial charge < -0.3 is 10.4 Å². The number of aliphatic hydroxyl groups excluding tert-OH is 1. The maximum atomic E-state index is 9.52. The Morgan fingerprint density at radius 3 is 2.93 bits per heavy atom. The molecule has 0 aromatic rings. The van der Waals surface area contributed by atoms with E-state index in [4.69, 9.17) is 0 Å². The summed E-state index contributed by atoms with van der Waals surface area (Å²) in [6.07, 6.45) is 9.28. The van der Waals surface area contributed by atoms with Crippen molar-refractivity contribution >= 4 is 11.8 Å². The number of unbranched alkanes of at least 4 members (excludes halogenated alkanes) is 1. The SMILES string of the molecule is CSCCCCNCC1CCCC(O)C1. The average molecular weight is 231 g/mol. The van der Waals surface area contributed by atoms with Crippen LogP contribution in [0.1, 0.15) is 38.5 Å². The minimum Gasteiger partial charge on any atom is -0.393 e. The zero-order chi connectivity index (χ0) is 10.9. The molecular weight excluding hydrogens is 206 g/mol. The van der Waals surface area contributed by atoms with Crippen LogP contribution in [0.2, 0.25) is 0 Å². The molecule has 1 fully saturated rings. The molecule has 0 heterocycles. The summed E-state index contributed by atoms with van der Waals surface area (Å²) in [5.41, 5.74) is 0. The van der Waals surface area contributed by atoms with Crippen molar-refractivity contribution in [2.45, 2.75) is 44.6 Å². The lowest BCUT2D eigenvalue weighted by atomic mass is 9.87. The van der Waals surface area contributed by atoms with Crippen molar-refractivity contribution in [1.29, 1.82) is 0 Å². The summed E-state index contributed by atoms with van der Waals surface area (Å²) >= 11 is 1.93. The van der Waals surface area contributed by atoms with E-state index < -0.39 is 0 Å². The van der Waals surface area contributed by atoms with Crippen LogP contribution in [0.15, 0.2) is 0 Å². The molecule has 90 valence electrons.